The second-order valence-electron chi connectivity index (χ2n) is 7.39. The number of piperidine rings is 1. The maximum atomic E-state index is 10.5. The highest BCUT2D eigenvalue weighted by Gasteiger charge is 2.24. The summed E-state index contributed by atoms with van der Waals surface area (Å²) in [5.41, 5.74) is 0.713. The number of aliphatic hydroxyl groups excluding tert-OH is 1. The lowest BCUT2D eigenvalue weighted by molar-refractivity contribution is -0.0367. The summed E-state index contributed by atoms with van der Waals surface area (Å²) in [6.45, 7) is 6.49. The Balaban J connectivity index is 1.49. The van der Waals surface area contributed by atoms with Gasteiger partial charge in [-0.1, -0.05) is 29.8 Å². The molecule has 2 aliphatic rings. The predicted molar refractivity (Wildman–Crippen MR) is 112 cm³/mol. The molecule has 0 aromatic heterocycles. The van der Waals surface area contributed by atoms with Crippen molar-refractivity contribution in [1.29, 1.82) is 0 Å². The van der Waals surface area contributed by atoms with Crippen molar-refractivity contribution in [3.8, 4) is 0 Å². The van der Waals surface area contributed by atoms with Gasteiger partial charge in [0.15, 0.2) is 5.96 Å². The van der Waals surface area contributed by atoms with Gasteiger partial charge in [0.25, 0.3) is 0 Å². The summed E-state index contributed by atoms with van der Waals surface area (Å²) in [7, 11) is 0. The fourth-order valence-corrected chi connectivity index (χ4v) is 3.96. The Kier molecular flexibility index (Phi) is 8.40. The van der Waals surface area contributed by atoms with Crippen LogP contribution in [0.2, 0.25) is 5.02 Å². The van der Waals surface area contributed by atoms with E-state index in [0.717, 1.165) is 57.9 Å². The minimum Gasteiger partial charge on any atom is -0.386 e. The third-order valence-corrected chi connectivity index (χ3v) is 5.64. The summed E-state index contributed by atoms with van der Waals surface area (Å²) in [5.74, 6) is 0.839. The number of halogens is 1. The average Bonchev–Trinajstić information content (AvgIpc) is 3.24. The van der Waals surface area contributed by atoms with E-state index in [9.17, 15) is 5.11 Å². The zero-order chi connectivity index (χ0) is 19.8. The number of nitrogens with zero attached hydrogens (tertiary/aromatic N) is 2. The number of hydrogen-bond donors (Lipinski definition) is 2. The minimum absolute atomic E-state index is 0.279. The molecule has 6 nitrogen and oxygen atoms in total. The summed E-state index contributed by atoms with van der Waals surface area (Å²) in [5, 5.41) is 14.4. The van der Waals surface area contributed by atoms with Gasteiger partial charge in [0.05, 0.1) is 25.4 Å². The molecule has 0 spiro atoms. The number of likely N-dealkylation sites (tertiary alicyclic amines) is 1. The van der Waals surface area contributed by atoms with Crippen molar-refractivity contribution in [1.82, 2.24) is 10.2 Å². The van der Waals surface area contributed by atoms with Crippen molar-refractivity contribution in [2.75, 3.05) is 39.4 Å². The Morgan fingerprint density at radius 2 is 2.14 bits per heavy atom. The SMILES string of the molecule is CCNC(=NCC(O)c1ccccc1Cl)N1CCC(OCC2CCCO2)CC1. The van der Waals surface area contributed by atoms with Crippen LogP contribution in [0, 0.1) is 0 Å². The molecule has 2 saturated heterocycles. The van der Waals surface area contributed by atoms with Gasteiger partial charge in [-0.2, -0.15) is 0 Å². The van der Waals surface area contributed by atoms with Gasteiger partial charge in [-0.25, -0.2) is 0 Å². The van der Waals surface area contributed by atoms with Gasteiger partial charge in [-0.15, -0.1) is 0 Å². The Bertz CT molecular complexity index is 629. The van der Waals surface area contributed by atoms with E-state index in [0.29, 0.717) is 17.2 Å². The van der Waals surface area contributed by atoms with E-state index in [1.54, 1.807) is 6.07 Å². The number of nitrogens with one attached hydrogen (secondary N) is 1. The molecule has 2 aliphatic heterocycles. The predicted octanol–water partition coefficient (Wildman–Crippen LogP) is 3.00. The average molecular weight is 410 g/mol. The summed E-state index contributed by atoms with van der Waals surface area (Å²) in [6.07, 6.45) is 4.07. The maximum absolute atomic E-state index is 10.5. The summed E-state index contributed by atoms with van der Waals surface area (Å²) in [4.78, 5) is 6.90. The number of benzene rings is 1. The quantitative estimate of drug-likeness (QED) is 0.535. The van der Waals surface area contributed by atoms with Crippen LogP contribution in [0.25, 0.3) is 0 Å². The van der Waals surface area contributed by atoms with E-state index in [1.165, 1.54) is 0 Å². The van der Waals surface area contributed by atoms with E-state index >= 15 is 0 Å². The molecule has 7 heteroatoms. The first kappa shape index (κ1) is 21.4. The van der Waals surface area contributed by atoms with Crippen molar-refractivity contribution < 1.29 is 14.6 Å². The van der Waals surface area contributed by atoms with Crippen molar-refractivity contribution in [2.24, 2.45) is 4.99 Å². The Morgan fingerprint density at radius 1 is 1.36 bits per heavy atom. The van der Waals surface area contributed by atoms with E-state index in [4.69, 9.17) is 21.1 Å². The lowest BCUT2D eigenvalue weighted by Crippen LogP contribution is -2.47. The van der Waals surface area contributed by atoms with Crippen LogP contribution in [0.3, 0.4) is 0 Å². The van der Waals surface area contributed by atoms with Gasteiger partial charge in [-0.3, -0.25) is 4.99 Å². The molecule has 0 amide bonds. The van der Waals surface area contributed by atoms with Crippen LogP contribution in [-0.2, 0) is 9.47 Å². The number of aliphatic hydroxyl groups is 1. The number of hydrogen-bond acceptors (Lipinski definition) is 4. The second kappa shape index (κ2) is 11.0. The first-order valence-corrected chi connectivity index (χ1v) is 10.7. The van der Waals surface area contributed by atoms with Crippen LogP contribution in [0.5, 0.6) is 0 Å². The van der Waals surface area contributed by atoms with Crippen LogP contribution in [0.4, 0.5) is 0 Å². The van der Waals surface area contributed by atoms with Gasteiger partial charge in [0.2, 0.25) is 0 Å². The van der Waals surface area contributed by atoms with Gasteiger partial charge in [-0.05, 0) is 38.7 Å². The standard InChI is InChI=1S/C21H32ClN3O3/c1-2-23-21(24-14-20(26)18-7-3-4-8-19(18)22)25-11-9-16(10-12-25)28-15-17-6-5-13-27-17/h3-4,7-8,16-17,20,26H,2,5-6,9-15H2,1H3,(H,23,24). The third kappa shape index (κ3) is 6.08. The Hall–Kier alpha value is -1.34. The van der Waals surface area contributed by atoms with Crippen LogP contribution < -0.4 is 5.32 Å². The molecule has 28 heavy (non-hydrogen) atoms. The van der Waals surface area contributed by atoms with Gasteiger partial charge in [0, 0.05) is 36.8 Å². The number of aliphatic imine (C=N–C) groups is 1. The van der Waals surface area contributed by atoms with E-state index in [2.05, 4.69) is 22.1 Å². The molecule has 2 N–H and O–H groups in total. The van der Waals surface area contributed by atoms with Crippen LogP contribution >= 0.6 is 11.6 Å². The normalized spacial score (nSPS) is 22.5. The van der Waals surface area contributed by atoms with E-state index < -0.39 is 6.10 Å². The topological polar surface area (TPSA) is 66.3 Å². The molecule has 2 atom stereocenters. The fourth-order valence-electron chi connectivity index (χ4n) is 3.70. The first-order chi connectivity index (χ1) is 13.7. The van der Waals surface area contributed by atoms with Crippen molar-refractivity contribution in [3.05, 3.63) is 34.9 Å². The van der Waals surface area contributed by atoms with Crippen molar-refractivity contribution in [3.63, 3.8) is 0 Å². The smallest absolute Gasteiger partial charge is 0.194 e. The molecule has 2 fully saturated rings. The molecule has 0 aliphatic carbocycles. The highest BCUT2D eigenvalue weighted by molar-refractivity contribution is 6.31. The number of rotatable bonds is 7. The van der Waals surface area contributed by atoms with Crippen molar-refractivity contribution >= 4 is 17.6 Å². The molecule has 2 heterocycles. The van der Waals surface area contributed by atoms with E-state index in [-0.39, 0.29) is 18.8 Å². The molecule has 0 radical (unpaired) electrons. The summed E-state index contributed by atoms with van der Waals surface area (Å²) in [6, 6.07) is 7.36. The number of ether oxygens (including phenoxy) is 2. The lowest BCUT2D eigenvalue weighted by Gasteiger charge is -2.34. The van der Waals surface area contributed by atoms with Crippen molar-refractivity contribution in [2.45, 2.75) is 50.9 Å². The molecule has 0 bridgehead atoms. The highest BCUT2D eigenvalue weighted by atomic mass is 35.5. The maximum Gasteiger partial charge on any atom is 0.194 e. The third-order valence-electron chi connectivity index (χ3n) is 5.30. The molecule has 2 unspecified atom stereocenters. The summed E-state index contributed by atoms with van der Waals surface area (Å²) < 4.78 is 11.7. The summed E-state index contributed by atoms with van der Waals surface area (Å²) >= 11 is 6.18. The molecule has 156 valence electrons. The largest absolute Gasteiger partial charge is 0.386 e. The van der Waals surface area contributed by atoms with Gasteiger partial charge >= 0.3 is 0 Å². The molecule has 1 aromatic carbocycles. The van der Waals surface area contributed by atoms with Gasteiger partial charge < -0.3 is 24.8 Å². The van der Waals surface area contributed by atoms with Crippen LogP contribution in [-0.4, -0.2) is 67.6 Å². The first-order valence-electron chi connectivity index (χ1n) is 10.4. The minimum atomic E-state index is -0.713. The Labute approximate surface area is 172 Å². The highest BCUT2D eigenvalue weighted by Crippen LogP contribution is 2.23. The lowest BCUT2D eigenvalue weighted by atomic mass is 10.1. The van der Waals surface area contributed by atoms with Crippen LogP contribution in [0.15, 0.2) is 29.3 Å². The molecule has 1 aromatic rings. The zero-order valence-electron chi connectivity index (χ0n) is 16.6. The molecule has 3 rings (SSSR count). The number of guanidine groups is 1. The zero-order valence-corrected chi connectivity index (χ0v) is 17.4. The Morgan fingerprint density at radius 3 is 2.82 bits per heavy atom. The molecular formula is C21H32ClN3O3. The second-order valence-corrected chi connectivity index (χ2v) is 7.79. The van der Waals surface area contributed by atoms with Gasteiger partial charge in [0.1, 0.15) is 6.10 Å². The molecule has 0 saturated carbocycles. The molecular weight excluding hydrogens is 378 g/mol. The van der Waals surface area contributed by atoms with Crippen LogP contribution in [0.1, 0.15) is 44.3 Å². The fraction of sp³-hybridized carbons (Fsp3) is 0.667. The monoisotopic (exact) mass is 409 g/mol. The van der Waals surface area contributed by atoms with E-state index in [1.807, 2.05) is 18.2 Å².